The van der Waals surface area contributed by atoms with Crippen LogP contribution in [0, 0.1) is 6.92 Å². The maximum Gasteiger partial charge on any atom is 0.261 e. The van der Waals surface area contributed by atoms with Crippen LogP contribution >= 0.6 is 0 Å². The number of hydrogen-bond donors (Lipinski definition) is 0. The molecule has 0 bridgehead atoms. The number of hydrogen-bond acceptors (Lipinski definition) is 6. The summed E-state index contributed by atoms with van der Waals surface area (Å²) in [6.07, 6.45) is 5.30. The van der Waals surface area contributed by atoms with Gasteiger partial charge in [-0.15, -0.1) is 0 Å². The third-order valence-corrected chi connectivity index (χ3v) is 5.94. The molecule has 5 rings (SSSR count). The molecule has 6 heteroatoms. The van der Waals surface area contributed by atoms with Crippen molar-refractivity contribution in [3.8, 4) is 11.5 Å². The van der Waals surface area contributed by atoms with Crippen molar-refractivity contribution in [3.63, 3.8) is 0 Å². The first-order chi connectivity index (χ1) is 14.3. The molecule has 0 spiro atoms. The third-order valence-electron chi connectivity index (χ3n) is 5.94. The zero-order valence-electron chi connectivity index (χ0n) is 16.9. The fourth-order valence-electron chi connectivity index (χ4n) is 4.04. The number of nitrogens with zero attached hydrogens (tertiary/aromatic N) is 5. The molecule has 150 valence electrons. The number of benzene rings is 1. The lowest BCUT2D eigenvalue weighted by atomic mass is 10.1. The van der Waals surface area contributed by atoms with Gasteiger partial charge in [0.05, 0.1) is 5.56 Å². The van der Waals surface area contributed by atoms with E-state index in [0.717, 1.165) is 56.4 Å². The third kappa shape index (κ3) is 4.03. The van der Waals surface area contributed by atoms with Gasteiger partial charge in [0, 0.05) is 44.8 Å². The van der Waals surface area contributed by atoms with E-state index in [-0.39, 0.29) is 0 Å². The van der Waals surface area contributed by atoms with Gasteiger partial charge in [-0.2, -0.15) is 4.98 Å². The zero-order chi connectivity index (χ0) is 19.6. The summed E-state index contributed by atoms with van der Waals surface area (Å²) in [5.41, 5.74) is 3.72. The Bertz CT molecular complexity index is 981. The highest BCUT2D eigenvalue weighted by molar-refractivity contribution is 5.69. The summed E-state index contributed by atoms with van der Waals surface area (Å²) < 4.78 is 5.59. The first-order valence-corrected chi connectivity index (χ1v) is 10.6. The molecule has 1 saturated heterocycles. The van der Waals surface area contributed by atoms with Crippen LogP contribution < -0.4 is 4.90 Å². The smallest absolute Gasteiger partial charge is 0.261 e. The van der Waals surface area contributed by atoms with Crippen molar-refractivity contribution in [2.75, 3.05) is 31.1 Å². The molecule has 1 aliphatic heterocycles. The highest BCUT2D eigenvalue weighted by Crippen LogP contribution is 2.39. The van der Waals surface area contributed by atoms with Gasteiger partial charge in [-0.25, -0.2) is 4.98 Å². The van der Waals surface area contributed by atoms with Gasteiger partial charge >= 0.3 is 0 Å². The largest absolute Gasteiger partial charge is 0.355 e. The second-order valence-corrected chi connectivity index (χ2v) is 8.15. The summed E-state index contributed by atoms with van der Waals surface area (Å²) in [6.45, 7) is 7.24. The van der Waals surface area contributed by atoms with Crippen LogP contribution in [0.25, 0.3) is 11.5 Å². The molecule has 2 aromatic heterocycles. The molecule has 3 aromatic rings. The zero-order valence-corrected chi connectivity index (χ0v) is 16.9. The Morgan fingerprint density at radius 3 is 2.79 bits per heavy atom. The summed E-state index contributed by atoms with van der Waals surface area (Å²) in [5.74, 6) is 2.88. The Morgan fingerprint density at radius 2 is 1.93 bits per heavy atom. The standard InChI is InChI=1S/C23H27N5O/c1-17-6-2-3-7-19(17)16-27-12-5-13-28(15-14-27)22-20(8-4-11-24-22)23-25-21(26-29-23)18-9-10-18/h2-4,6-8,11,18H,5,9-10,12-16H2,1H3. The maximum atomic E-state index is 5.59. The van der Waals surface area contributed by atoms with Crippen LogP contribution in [0.2, 0.25) is 0 Å². The topological polar surface area (TPSA) is 58.3 Å². The lowest BCUT2D eigenvalue weighted by Crippen LogP contribution is -2.31. The highest BCUT2D eigenvalue weighted by Gasteiger charge is 2.30. The predicted molar refractivity (Wildman–Crippen MR) is 113 cm³/mol. The highest BCUT2D eigenvalue weighted by atomic mass is 16.5. The van der Waals surface area contributed by atoms with Crippen molar-refractivity contribution in [1.82, 2.24) is 20.0 Å². The fourth-order valence-corrected chi connectivity index (χ4v) is 4.04. The van der Waals surface area contributed by atoms with Crippen LogP contribution in [0.3, 0.4) is 0 Å². The summed E-state index contributed by atoms with van der Waals surface area (Å²) >= 11 is 0. The van der Waals surface area contributed by atoms with E-state index in [1.165, 1.54) is 24.0 Å². The SMILES string of the molecule is Cc1ccccc1CN1CCCN(c2ncccc2-c2nc(C3CC3)no2)CC1. The van der Waals surface area contributed by atoms with Crippen molar-refractivity contribution < 1.29 is 4.52 Å². The van der Waals surface area contributed by atoms with E-state index >= 15 is 0 Å². The summed E-state index contributed by atoms with van der Waals surface area (Å²) in [5, 5.41) is 4.19. The minimum Gasteiger partial charge on any atom is -0.355 e. The molecule has 0 radical (unpaired) electrons. The molecule has 0 unspecified atom stereocenters. The van der Waals surface area contributed by atoms with Crippen LogP contribution in [-0.4, -0.2) is 46.2 Å². The van der Waals surface area contributed by atoms with Gasteiger partial charge in [0.1, 0.15) is 5.82 Å². The van der Waals surface area contributed by atoms with E-state index in [4.69, 9.17) is 9.51 Å². The van der Waals surface area contributed by atoms with E-state index in [9.17, 15) is 0 Å². The van der Waals surface area contributed by atoms with Crippen LogP contribution in [0.5, 0.6) is 0 Å². The molecule has 2 aliphatic rings. The molecule has 1 aliphatic carbocycles. The van der Waals surface area contributed by atoms with Gasteiger partial charge in [-0.1, -0.05) is 29.4 Å². The first-order valence-electron chi connectivity index (χ1n) is 10.6. The average molecular weight is 390 g/mol. The molecule has 29 heavy (non-hydrogen) atoms. The van der Waals surface area contributed by atoms with Crippen molar-refractivity contribution in [2.24, 2.45) is 0 Å². The number of aryl methyl sites for hydroxylation is 1. The summed E-state index contributed by atoms with van der Waals surface area (Å²) in [7, 11) is 0. The molecular weight excluding hydrogens is 362 g/mol. The van der Waals surface area contributed by atoms with Crippen molar-refractivity contribution in [2.45, 2.75) is 38.6 Å². The number of aromatic nitrogens is 3. The van der Waals surface area contributed by atoms with E-state index in [1.54, 1.807) is 0 Å². The van der Waals surface area contributed by atoms with Gasteiger partial charge in [0.15, 0.2) is 5.82 Å². The quantitative estimate of drug-likeness (QED) is 0.657. The maximum absolute atomic E-state index is 5.59. The average Bonchev–Trinajstić information content (AvgIpc) is 3.53. The van der Waals surface area contributed by atoms with Gasteiger partial charge in [0.25, 0.3) is 5.89 Å². The van der Waals surface area contributed by atoms with Gasteiger partial charge in [-0.3, -0.25) is 4.90 Å². The second-order valence-electron chi connectivity index (χ2n) is 8.15. The lowest BCUT2D eigenvalue weighted by molar-refractivity contribution is 0.285. The molecular formula is C23H27N5O. The van der Waals surface area contributed by atoms with E-state index < -0.39 is 0 Å². The Labute approximate surface area is 171 Å². The lowest BCUT2D eigenvalue weighted by Gasteiger charge is -2.24. The van der Waals surface area contributed by atoms with Crippen molar-refractivity contribution in [1.29, 1.82) is 0 Å². The van der Waals surface area contributed by atoms with Crippen molar-refractivity contribution in [3.05, 3.63) is 59.5 Å². The van der Waals surface area contributed by atoms with E-state index in [0.29, 0.717) is 11.8 Å². The fraction of sp³-hybridized carbons (Fsp3) is 0.435. The summed E-state index contributed by atoms with van der Waals surface area (Å²) in [4.78, 5) is 14.3. The number of rotatable bonds is 5. The molecule has 6 nitrogen and oxygen atoms in total. The van der Waals surface area contributed by atoms with Crippen molar-refractivity contribution >= 4 is 5.82 Å². The van der Waals surface area contributed by atoms with Crippen LogP contribution in [0.1, 0.15) is 42.1 Å². The van der Waals surface area contributed by atoms with Crippen LogP contribution in [0.15, 0.2) is 47.1 Å². The molecule has 0 atom stereocenters. The minimum absolute atomic E-state index is 0.487. The normalized spacial score (nSPS) is 18.0. The van der Waals surface area contributed by atoms with Crippen LogP contribution in [0.4, 0.5) is 5.82 Å². The predicted octanol–water partition coefficient (Wildman–Crippen LogP) is 4.03. The Hall–Kier alpha value is -2.73. The summed E-state index contributed by atoms with van der Waals surface area (Å²) in [6, 6.07) is 12.7. The Morgan fingerprint density at radius 1 is 1.03 bits per heavy atom. The molecule has 0 amide bonds. The van der Waals surface area contributed by atoms with Gasteiger partial charge in [-0.05, 0) is 49.4 Å². The van der Waals surface area contributed by atoms with E-state index in [2.05, 4.69) is 51.1 Å². The molecule has 2 fully saturated rings. The van der Waals surface area contributed by atoms with Crippen LogP contribution in [-0.2, 0) is 6.54 Å². The molecule has 1 aromatic carbocycles. The second kappa shape index (κ2) is 7.95. The minimum atomic E-state index is 0.487. The van der Waals surface area contributed by atoms with Gasteiger partial charge in [0.2, 0.25) is 0 Å². The molecule has 1 saturated carbocycles. The Kier molecular flexibility index (Phi) is 5.02. The molecule has 0 N–H and O–H groups in total. The molecule has 3 heterocycles. The Balaban J connectivity index is 1.32. The number of pyridine rings is 1. The number of anilines is 1. The van der Waals surface area contributed by atoms with E-state index in [1.807, 2.05) is 18.3 Å². The monoisotopic (exact) mass is 389 g/mol. The van der Waals surface area contributed by atoms with Gasteiger partial charge < -0.3 is 9.42 Å². The first kappa shape index (κ1) is 18.3.